The zero-order chi connectivity index (χ0) is 38.2. The molecule has 6 aromatic rings. The monoisotopic (exact) mass is 956 g/mol. The first kappa shape index (κ1) is 43.4. The van der Waals surface area contributed by atoms with Crippen LogP contribution in [0, 0.1) is 0 Å². The molecule has 0 atom stereocenters. The average molecular weight is 959 g/mol. The Morgan fingerprint density at radius 1 is 0.400 bits per heavy atom. The average Bonchev–Trinajstić information content (AvgIpc) is 4.04. The van der Waals surface area contributed by atoms with Gasteiger partial charge in [0.1, 0.15) is 11.0 Å². The van der Waals surface area contributed by atoms with Crippen LogP contribution in [0.5, 0.6) is 0 Å². The molecule has 5 aromatic heterocycles. The maximum atomic E-state index is 4.84. The number of unbranched alkanes of at least 4 members (excludes halogenated alkanes) is 18. The van der Waals surface area contributed by atoms with Gasteiger partial charge in [-0.05, 0) is 105 Å². The fraction of sp³-hybridized carbons (Fsp3) is 0.522. The minimum absolute atomic E-state index is 1.01. The molecule has 5 heterocycles. The first-order valence-electron chi connectivity index (χ1n) is 21.1. The van der Waals surface area contributed by atoms with E-state index in [0.717, 1.165) is 23.9 Å². The molecule has 0 aliphatic heterocycles. The summed E-state index contributed by atoms with van der Waals surface area (Å²) in [5.41, 5.74) is 7.30. The van der Waals surface area contributed by atoms with Crippen LogP contribution in [0.15, 0.2) is 56.1 Å². The molecular formula is C46H58Br2N2S5. The molecule has 0 aliphatic rings. The van der Waals surface area contributed by atoms with E-state index in [-0.39, 0.29) is 0 Å². The molecular weight excluding hydrogens is 901 g/mol. The summed E-state index contributed by atoms with van der Waals surface area (Å²) < 4.78 is 12.3. The minimum atomic E-state index is 1.01. The molecule has 6 rings (SSSR count). The van der Waals surface area contributed by atoms with Crippen LogP contribution in [-0.2, 0) is 12.8 Å². The highest BCUT2D eigenvalue weighted by atomic mass is 79.9. The molecule has 1 aromatic carbocycles. The number of benzene rings is 1. The van der Waals surface area contributed by atoms with Crippen molar-refractivity contribution in [1.82, 2.24) is 8.75 Å². The van der Waals surface area contributed by atoms with Gasteiger partial charge in [-0.25, -0.2) is 0 Å². The molecule has 0 aliphatic carbocycles. The maximum Gasteiger partial charge on any atom is 0.114 e. The van der Waals surface area contributed by atoms with E-state index in [1.807, 2.05) is 45.3 Å². The van der Waals surface area contributed by atoms with Crippen molar-refractivity contribution in [1.29, 1.82) is 0 Å². The number of halogens is 2. The van der Waals surface area contributed by atoms with Crippen molar-refractivity contribution >= 4 is 100.0 Å². The highest BCUT2D eigenvalue weighted by molar-refractivity contribution is 9.11. The molecule has 296 valence electrons. The molecule has 0 bridgehead atoms. The summed E-state index contributed by atoms with van der Waals surface area (Å²) in [7, 11) is 0. The van der Waals surface area contributed by atoms with Crippen molar-refractivity contribution in [3.63, 3.8) is 0 Å². The van der Waals surface area contributed by atoms with Crippen molar-refractivity contribution in [2.24, 2.45) is 0 Å². The Morgan fingerprint density at radius 2 is 0.745 bits per heavy atom. The van der Waals surface area contributed by atoms with Crippen LogP contribution < -0.4 is 0 Å². The molecule has 0 unspecified atom stereocenters. The Kier molecular flexibility index (Phi) is 18.5. The maximum absolute atomic E-state index is 4.84. The molecule has 9 heteroatoms. The molecule has 0 saturated carbocycles. The first-order valence-corrected chi connectivity index (χ1v) is 26.7. The zero-order valence-corrected chi connectivity index (χ0v) is 40.1. The molecule has 55 heavy (non-hydrogen) atoms. The van der Waals surface area contributed by atoms with Crippen LogP contribution in [-0.4, -0.2) is 8.75 Å². The number of thiophene rings is 4. The van der Waals surface area contributed by atoms with Gasteiger partial charge in [-0.15, -0.1) is 45.3 Å². The van der Waals surface area contributed by atoms with Gasteiger partial charge in [0.15, 0.2) is 0 Å². The summed E-state index contributed by atoms with van der Waals surface area (Å²) in [4.78, 5) is 7.87. The Hall–Kier alpha value is -1.20. The fourth-order valence-corrected chi connectivity index (χ4v) is 13.8. The van der Waals surface area contributed by atoms with Gasteiger partial charge in [0.25, 0.3) is 0 Å². The van der Waals surface area contributed by atoms with Crippen molar-refractivity contribution < 1.29 is 0 Å². The molecule has 0 radical (unpaired) electrons. The minimum Gasteiger partial charge on any atom is -0.172 e. The van der Waals surface area contributed by atoms with Gasteiger partial charge in [0, 0.05) is 40.4 Å². The largest absolute Gasteiger partial charge is 0.172 e. The summed E-state index contributed by atoms with van der Waals surface area (Å²) in [5.74, 6) is 0. The Balaban J connectivity index is 1.02. The molecule has 0 saturated heterocycles. The lowest BCUT2D eigenvalue weighted by Gasteiger charge is -2.03. The standard InChI is InChI=1S/C46H58Br2N2S5/c1-3-5-7-9-11-13-15-17-19-21-23-33-31-41(53-45(33)47)39-29-27-37(51-39)35-25-26-36(44-43(35)49-55-50-44)38-28-30-40(52-38)42-32-34(46(48)54-42)24-22-20-18-16-14-12-10-8-6-4-2/h25-32H,3-24H2,1-2H3. The Labute approximate surface area is 368 Å². The quantitative estimate of drug-likeness (QED) is 0.0506. The van der Waals surface area contributed by atoms with Crippen LogP contribution >= 0.6 is 88.9 Å². The Morgan fingerprint density at radius 3 is 1.13 bits per heavy atom. The second kappa shape index (κ2) is 23.4. The number of hydrogen-bond acceptors (Lipinski definition) is 7. The second-order valence-electron chi connectivity index (χ2n) is 15.1. The molecule has 0 N–H and O–H groups in total. The van der Waals surface area contributed by atoms with E-state index >= 15 is 0 Å². The van der Waals surface area contributed by atoms with Gasteiger partial charge >= 0.3 is 0 Å². The first-order chi connectivity index (χ1) is 27.1. The summed E-state index contributed by atoms with van der Waals surface area (Å²) in [6.07, 6.45) is 29.9. The van der Waals surface area contributed by atoms with Gasteiger partial charge in [0.05, 0.1) is 19.3 Å². The van der Waals surface area contributed by atoms with Gasteiger partial charge in [-0.3, -0.25) is 0 Å². The number of nitrogens with zero attached hydrogens (tertiary/aromatic N) is 2. The van der Waals surface area contributed by atoms with Gasteiger partial charge in [-0.2, -0.15) is 8.75 Å². The summed E-state index contributed by atoms with van der Waals surface area (Å²) >= 11 is 16.6. The van der Waals surface area contributed by atoms with E-state index in [2.05, 4.69) is 94.2 Å². The van der Waals surface area contributed by atoms with E-state index in [1.54, 1.807) is 0 Å². The van der Waals surface area contributed by atoms with Crippen molar-refractivity contribution in [3.05, 3.63) is 67.2 Å². The highest BCUT2D eigenvalue weighted by Crippen LogP contribution is 2.46. The van der Waals surface area contributed by atoms with Crippen molar-refractivity contribution in [3.8, 4) is 40.4 Å². The van der Waals surface area contributed by atoms with Crippen LogP contribution in [0.4, 0.5) is 0 Å². The highest BCUT2D eigenvalue weighted by Gasteiger charge is 2.19. The summed E-state index contributed by atoms with van der Waals surface area (Å²) in [6, 6.07) is 18.5. The van der Waals surface area contributed by atoms with E-state index < -0.39 is 0 Å². The van der Waals surface area contributed by atoms with Crippen LogP contribution in [0.25, 0.3) is 51.4 Å². The lowest BCUT2D eigenvalue weighted by molar-refractivity contribution is 0.556. The van der Waals surface area contributed by atoms with Crippen LogP contribution in [0.3, 0.4) is 0 Å². The van der Waals surface area contributed by atoms with E-state index in [4.69, 9.17) is 8.75 Å². The van der Waals surface area contributed by atoms with Crippen LogP contribution in [0.2, 0.25) is 0 Å². The number of rotatable bonds is 26. The van der Waals surface area contributed by atoms with Crippen LogP contribution in [0.1, 0.15) is 153 Å². The molecule has 0 spiro atoms. The number of aryl methyl sites for hydroxylation is 2. The predicted octanol–water partition coefficient (Wildman–Crippen LogP) is 19.1. The number of hydrogen-bond donors (Lipinski definition) is 0. The third kappa shape index (κ3) is 12.6. The van der Waals surface area contributed by atoms with Crippen molar-refractivity contribution in [2.75, 3.05) is 0 Å². The smallest absolute Gasteiger partial charge is 0.114 e. The lowest BCUT2D eigenvalue weighted by atomic mass is 10.0. The molecule has 0 fully saturated rings. The normalized spacial score (nSPS) is 11.8. The summed E-state index contributed by atoms with van der Waals surface area (Å²) in [5, 5.41) is 0. The SMILES string of the molecule is CCCCCCCCCCCCc1cc(-c2ccc(-c3ccc(-c4ccc(-c5cc(CCCCCCCCCCCC)c(Br)s5)s4)c4nsnc34)s2)sc1Br. The van der Waals surface area contributed by atoms with E-state index in [0.29, 0.717) is 0 Å². The number of fused-ring (bicyclic) bond motifs is 1. The topological polar surface area (TPSA) is 25.8 Å². The van der Waals surface area contributed by atoms with Gasteiger partial charge < -0.3 is 0 Å². The van der Waals surface area contributed by atoms with Crippen molar-refractivity contribution in [2.45, 2.75) is 155 Å². The third-order valence-corrected chi connectivity index (χ3v) is 17.8. The number of aromatic nitrogens is 2. The van der Waals surface area contributed by atoms with Gasteiger partial charge in [-0.1, -0.05) is 142 Å². The summed E-state index contributed by atoms with van der Waals surface area (Å²) in [6.45, 7) is 4.59. The molecule has 2 nitrogen and oxygen atoms in total. The van der Waals surface area contributed by atoms with E-state index in [1.165, 1.54) is 199 Å². The Bertz CT molecular complexity index is 1870. The molecule has 0 amide bonds. The zero-order valence-electron chi connectivity index (χ0n) is 32.9. The fourth-order valence-electron chi connectivity index (χ4n) is 7.50. The van der Waals surface area contributed by atoms with E-state index in [9.17, 15) is 0 Å². The second-order valence-corrected chi connectivity index (χ2v) is 22.6. The lowest BCUT2D eigenvalue weighted by Crippen LogP contribution is -1.85. The van der Waals surface area contributed by atoms with Gasteiger partial charge in [0.2, 0.25) is 0 Å². The predicted molar refractivity (Wildman–Crippen MR) is 257 cm³/mol. The third-order valence-electron chi connectivity index (χ3n) is 10.8.